The molecule has 0 aliphatic rings. The van der Waals surface area contributed by atoms with Crippen molar-refractivity contribution in [1.29, 1.82) is 0 Å². The minimum Gasteiger partial charge on any atom is -0.496 e. The van der Waals surface area contributed by atoms with E-state index in [9.17, 15) is 8.42 Å². The minimum atomic E-state index is -3.30. The number of aryl methyl sites for hydroxylation is 1. The van der Waals surface area contributed by atoms with Gasteiger partial charge in [-0.3, -0.25) is 0 Å². The van der Waals surface area contributed by atoms with Gasteiger partial charge in [0.05, 0.1) is 18.6 Å². The Morgan fingerprint density at radius 3 is 2.38 bits per heavy atom. The normalized spacial score (nSPS) is 11.3. The van der Waals surface area contributed by atoms with E-state index < -0.39 is 9.84 Å². The SMILES string of the molecule is COc1ccc(N)cc1CS(=O)(=O)Cc1ccccc1C. The lowest BCUT2D eigenvalue weighted by Crippen LogP contribution is -2.10. The van der Waals surface area contributed by atoms with Crippen LogP contribution in [0.2, 0.25) is 0 Å². The summed E-state index contributed by atoms with van der Waals surface area (Å²) in [6, 6.07) is 12.5. The van der Waals surface area contributed by atoms with Gasteiger partial charge >= 0.3 is 0 Å². The summed E-state index contributed by atoms with van der Waals surface area (Å²) in [7, 11) is -1.78. The highest BCUT2D eigenvalue weighted by atomic mass is 32.2. The second kappa shape index (κ2) is 6.18. The number of methoxy groups -OCH3 is 1. The predicted molar refractivity (Wildman–Crippen MR) is 84.9 cm³/mol. The summed E-state index contributed by atoms with van der Waals surface area (Å²) in [4.78, 5) is 0. The molecule has 0 saturated carbocycles. The molecule has 0 radical (unpaired) electrons. The van der Waals surface area contributed by atoms with Crippen LogP contribution in [0, 0.1) is 6.92 Å². The molecule has 2 N–H and O–H groups in total. The van der Waals surface area contributed by atoms with Crippen molar-refractivity contribution in [2.45, 2.75) is 18.4 Å². The first-order valence-corrected chi connectivity index (χ1v) is 8.41. The van der Waals surface area contributed by atoms with Gasteiger partial charge in [0.25, 0.3) is 0 Å². The number of sulfone groups is 1. The van der Waals surface area contributed by atoms with Crippen molar-refractivity contribution in [2.24, 2.45) is 0 Å². The zero-order chi connectivity index (χ0) is 15.5. The van der Waals surface area contributed by atoms with Crippen LogP contribution in [0.4, 0.5) is 5.69 Å². The average Bonchev–Trinajstić information content (AvgIpc) is 2.41. The van der Waals surface area contributed by atoms with Crippen LogP contribution in [-0.2, 0) is 21.3 Å². The Hall–Kier alpha value is -2.01. The molecule has 0 bridgehead atoms. The van der Waals surface area contributed by atoms with Crippen LogP contribution in [0.1, 0.15) is 16.7 Å². The third-order valence-electron chi connectivity index (χ3n) is 3.32. The van der Waals surface area contributed by atoms with E-state index in [0.29, 0.717) is 17.0 Å². The number of benzene rings is 2. The highest BCUT2D eigenvalue weighted by Crippen LogP contribution is 2.25. The smallest absolute Gasteiger partial charge is 0.158 e. The van der Waals surface area contributed by atoms with Gasteiger partial charge in [0, 0.05) is 11.3 Å². The van der Waals surface area contributed by atoms with Crippen molar-refractivity contribution in [3.05, 3.63) is 59.2 Å². The zero-order valence-corrected chi connectivity index (χ0v) is 13.0. The Morgan fingerprint density at radius 2 is 1.71 bits per heavy atom. The van der Waals surface area contributed by atoms with Crippen molar-refractivity contribution in [3.63, 3.8) is 0 Å². The maximum Gasteiger partial charge on any atom is 0.158 e. The molecule has 2 rings (SSSR count). The fourth-order valence-corrected chi connectivity index (χ4v) is 3.81. The van der Waals surface area contributed by atoms with Gasteiger partial charge in [-0.05, 0) is 36.2 Å². The summed E-state index contributed by atoms with van der Waals surface area (Å²) < 4.78 is 30.0. The molecule has 2 aromatic carbocycles. The molecule has 0 unspecified atom stereocenters. The molecule has 0 saturated heterocycles. The molecule has 0 heterocycles. The van der Waals surface area contributed by atoms with E-state index in [0.717, 1.165) is 11.1 Å². The molecule has 4 nitrogen and oxygen atoms in total. The number of hydrogen-bond donors (Lipinski definition) is 1. The molecule has 2 aromatic rings. The molecule has 5 heteroatoms. The molecule has 0 aliphatic heterocycles. The molecule has 0 amide bonds. The fraction of sp³-hybridized carbons (Fsp3) is 0.250. The number of ether oxygens (including phenoxy) is 1. The largest absolute Gasteiger partial charge is 0.496 e. The lowest BCUT2D eigenvalue weighted by Gasteiger charge is -2.11. The summed E-state index contributed by atoms with van der Waals surface area (Å²) in [5, 5.41) is 0. The second-order valence-electron chi connectivity index (χ2n) is 5.03. The Morgan fingerprint density at radius 1 is 1.05 bits per heavy atom. The number of anilines is 1. The Balaban J connectivity index is 2.26. The predicted octanol–water partition coefficient (Wildman–Crippen LogP) is 2.70. The van der Waals surface area contributed by atoms with E-state index in [2.05, 4.69) is 0 Å². The van der Waals surface area contributed by atoms with Crippen molar-refractivity contribution in [1.82, 2.24) is 0 Å². The van der Waals surface area contributed by atoms with E-state index in [4.69, 9.17) is 10.5 Å². The minimum absolute atomic E-state index is 0.0115. The standard InChI is InChI=1S/C16H19NO3S/c1-12-5-3-4-6-13(12)10-21(18,19)11-14-9-15(17)7-8-16(14)20-2/h3-9H,10-11,17H2,1-2H3. The highest BCUT2D eigenvalue weighted by molar-refractivity contribution is 7.89. The van der Waals surface area contributed by atoms with Crippen LogP contribution in [0.5, 0.6) is 5.75 Å². The molecule has 0 aliphatic carbocycles. The monoisotopic (exact) mass is 305 g/mol. The van der Waals surface area contributed by atoms with Gasteiger partial charge in [0.15, 0.2) is 9.84 Å². The maximum atomic E-state index is 12.4. The highest BCUT2D eigenvalue weighted by Gasteiger charge is 2.17. The van der Waals surface area contributed by atoms with E-state index >= 15 is 0 Å². The first kappa shape index (κ1) is 15.4. The van der Waals surface area contributed by atoms with Crippen LogP contribution in [0.3, 0.4) is 0 Å². The summed E-state index contributed by atoms with van der Waals surface area (Å²) in [6.07, 6.45) is 0. The Bertz CT molecular complexity index is 739. The molecule has 0 atom stereocenters. The molecule has 21 heavy (non-hydrogen) atoms. The van der Waals surface area contributed by atoms with Crippen molar-refractivity contribution in [3.8, 4) is 5.75 Å². The molecule has 0 fully saturated rings. The topological polar surface area (TPSA) is 69.4 Å². The van der Waals surface area contributed by atoms with E-state index in [1.54, 1.807) is 18.2 Å². The Kier molecular flexibility index (Phi) is 4.53. The summed E-state index contributed by atoms with van der Waals surface area (Å²) >= 11 is 0. The fourth-order valence-electron chi connectivity index (χ4n) is 2.21. The summed E-state index contributed by atoms with van der Waals surface area (Å²) in [5.41, 5.74) is 8.63. The van der Waals surface area contributed by atoms with Crippen LogP contribution in [-0.4, -0.2) is 15.5 Å². The quantitative estimate of drug-likeness (QED) is 0.862. The van der Waals surface area contributed by atoms with Crippen molar-refractivity contribution in [2.75, 3.05) is 12.8 Å². The Labute approximate surface area is 125 Å². The molecular weight excluding hydrogens is 286 g/mol. The second-order valence-corrected chi connectivity index (χ2v) is 7.09. The number of nitrogen functional groups attached to an aromatic ring is 1. The van der Waals surface area contributed by atoms with Crippen LogP contribution in [0.15, 0.2) is 42.5 Å². The van der Waals surface area contributed by atoms with Gasteiger partial charge in [0.2, 0.25) is 0 Å². The van der Waals surface area contributed by atoms with Gasteiger partial charge in [-0.15, -0.1) is 0 Å². The van der Waals surface area contributed by atoms with E-state index in [1.165, 1.54) is 7.11 Å². The van der Waals surface area contributed by atoms with Crippen molar-refractivity contribution >= 4 is 15.5 Å². The van der Waals surface area contributed by atoms with E-state index in [1.807, 2.05) is 31.2 Å². The van der Waals surface area contributed by atoms with Crippen LogP contribution >= 0.6 is 0 Å². The molecular formula is C16H19NO3S. The first-order chi connectivity index (χ1) is 9.91. The lowest BCUT2D eigenvalue weighted by molar-refractivity contribution is 0.411. The van der Waals surface area contributed by atoms with Gasteiger partial charge < -0.3 is 10.5 Å². The van der Waals surface area contributed by atoms with Gasteiger partial charge in [0.1, 0.15) is 5.75 Å². The van der Waals surface area contributed by atoms with Gasteiger partial charge in [-0.2, -0.15) is 0 Å². The van der Waals surface area contributed by atoms with Crippen LogP contribution in [0.25, 0.3) is 0 Å². The number of hydrogen-bond acceptors (Lipinski definition) is 4. The third kappa shape index (κ3) is 3.98. The van der Waals surface area contributed by atoms with Gasteiger partial charge in [-0.1, -0.05) is 24.3 Å². The van der Waals surface area contributed by atoms with Crippen LogP contribution < -0.4 is 10.5 Å². The number of nitrogens with two attached hydrogens (primary N) is 1. The zero-order valence-electron chi connectivity index (χ0n) is 12.2. The molecule has 112 valence electrons. The molecule has 0 spiro atoms. The van der Waals surface area contributed by atoms with Crippen molar-refractivity contribution < 1.29 is 13.2 Å². The first-order valence-electron chi connectivity index (χ1n) is 6.58. The van der Waals surface area contributed by atoms with Gasteiger partial charge in [-0.25, -0.2) is 8.42 Å². The maximum absolute atomic E-state index is 12.4. The number of rotatable bonds is 5. The average molecular weight is 305 g/mol. The summed E-state index contributed by atoms with van der Waals surface area (Å²) in [5.74, 6) is 0.463. The third-order valence-corrected chi connectivity index (χ3v) is 4.82. The van der Waals surface area contributed by atoms with E-state index in [-0.39, 0.29) is 11.5 Å². The molecule has 0 aromatic heterocycles. The lowest BCUT2D eigenvalue weighted by atomic mass is 10.1. The summed E-state index contributed by atoms with van der Waals surface area (Å²) in [6.45, 7) is 1.91.